The van der Waals surface area contributed by atoms with Crippen molar-refractivity contribution in [3.63, 3.8) is 0 Å². The molecule has 1 aromatic heterocycles. The highest BCUT2D eigenvalue weighted by Crippen LogP contribution is 2.14. The van der Waals surface area contributed by atoms with Gasteiger partial charge in [-0.3, -0.25) is 0 Å². The lowest BCUT2D eigenvalue weighted by Gasteiger charge is -2.29. The molecule has 1 aliphatic heterocycles. The summed E-state index contributed by atoms with van der Waals surface area (Å²) in [6, 6.07) is 4.68. The molecule has 0 radical (unpaired) electrons. The van der Waals surface area contributed by atoms with Crippen molar-refractivity contribution in [3.8, 4) is 0 Å². The van der Waals surface area contributed by atoms with Gasteiger partial charge >= 0.3 is 0 Å². The quantitative estimate of drug-likeness (QED) is 0.737. The van der Waals surface area contributed by atoms with Crippen molar-refractivity contribution >= 4 is 0 Å². The Morgan fingerprint density at radius 1 is 1.58 bits per heavy atom. The molecule has 1 fully saturated rings. The van der Waals surface area contributed by atoms with Crippen LogP contribution in [0.5, 0.6) is 0 Å². The molecule has 0 bridgehead atoms. The van der Waals surface area contributed by atoms with E-state index in [-0.39, 0.29) is 6.04 Å². The number of rotatable bonds is 3. The summed E-state index contributed by atoms with van der Waals surface area (Å²) in [6.07, 6.45) is 1.70. The van der Waals surface area contributed by atoms with E-state index in [1.165, 1.54) is 0 Å². The van der Waals surface area contributed by atoms with Crippen LogP contribution >= 0.6 is 0 Å². The highest BCUT2D eigenvalue weighted by atomic mass is 16.5. The lowest BCUT2D eigenvalue weighted by Crippen LogP contribution is -2.46. The van der Waals surface area contributed by atoms with Crippen molar-refractivity contribution < 1.29 is 9.15 Å². The molecule has 0 amide bonds. The van der Waals surface area contributed by atoms with Gasteiger partial charge in [0.1, 0.15) is 5.76 Å². The van der Waals surface area contributed by atoms with Crippen molar-refractivity contribution in [1.82, 2.24) is 5.32 Å². The minimum Gasteiger partial charge on any atom is -0.468 e. The maximum atomic E-state index is 5.26. The zero-order valence-corrected chi connectivity index (χ0v) is 7.12. The van der Waals surface area contributed by atoms with E-state index in [1.54, 1.807) is 6.26 Å². The number of furan rings is 1. The maximum absolute atomic E-state index is 5.26. The van der Waals surface area contributed by atoms with Crippen LogP contribution < -0.4 is 5.32 Å². The Labute approximate surface area is 71.7 Å². The first-order valence-corrected chi connectivity index (χ1v) is 4.23. The minimum absolute atomic E-state index is 0.286. The van der Waals surface area contributed by atoms with Crippen molar-refractivity contribution in [2.24, 2.45) is 0 Å². The molecule has 1 N–H and O–H groups in total. The topological polar surface area (TPSA) is 34.4 Å². The van der Waals surface area contributed by atoms with Gasteiger partial charge in [0.25, 0.3) is 0 Å². The first-order valence-electron chi connectivity index (χ1n) is 4.23. The molecule has 0 aliphatic carbocycles. The van der Waals surface area contributed by atoms with Crippen LogP contribution in [0.15, 0.2) is 22.8 Å². The van der Waals surface area contributed by atoms with E-state index >= 15 is 0 Å². The van der Waals surface area contributed by atoms with Gasteiger partial charge in [-0.15, -0.1) is 0 Å². The van der Waals surface area contributed by atoms with Crippen LogP contribution in [-0.4, -0.2) is 19.3 Å². The van der Waals surface area contributed by atoms with Gasteiger partial charge in [0.2, 0.25) is 0 Å². The van der Waals surface area contributed by atoms with E-state index in [9.17, 15) is 0 Å². The third-order valence-corrected chi connectivity index (χ3v) is 2.09. The van der Waals surface area contributed by atoms with Crippen LogP contribution in [0.25, 0.3) is 0 Å². The van der Waals surface area contributed by atoms with Gasteiger partial charge in [-0.05, 0) is 19.1 Å². The fraction of sp³-hybridized carbons (Fsp3) is 0.556. The third-order valence-electron chi connectivity index (χ3n) is 2.09. The lowest BCUT2D eigenvalue weighted by atomic mass is 10.2. The van der Waals surface area contributed by atoms with Gasteiger partial charge in [-0.2, -0.15) is 0 Å². The Kier molecular flexibility index (Phi) is 2.15. The molecule has 3 heteroatoms. The van der Waals surface area contributed by atoms with Crippen LogP contribution in [0, 0.1) is 0 Å². The molecule has 12 heavy (non-hydrogen) atoms. The summed E-state index contributed by atoms with van der Waals surface area (Å²) in [4.78, 5) is 0. The average molecular weight is 167 g/mol. The van der Waals surface area contributed by atoms with Crippen LogP contribution in [-0.2, 0) is 4.74 Å². The Hall–Kier alpha value is -0.800. The molecule has 0 saturated carbocycles. The summed E-state index contributed by atoms with van der Waals surface area (Å²) in [5, 5.41) is 3.40. The molecule has 0 aromatic carbocycles. The molecular formula is C9H13NO2. The molecule has 1 saturated heterocycles. The van der Waals surface area contributed by atoms with Crippen molar-refractivity contribution in [2.75, 3.05) is 13.2 Å². The average Bonchev–Trinajstić information content (AvgIpc) is 2.47. The first-order chi connectivity index (χ1) is 5.86. The molecule has 0 unspecified atom stereocenters. The van der Waals surface area contributed by atoms with E-state index < -0.39 is 0 Å². The molecule has 3 nitrogen and oxygen atoms in total. The summed E-state index contributed by atoms with van der Waals surface area (Å²) in [7, 11) is 0. The molecular weight excluding hydrogens is 154 g/mol. The van der Waals surface area contributed by atoms with Gasteiger partial charge in [0.05, 0.1) is 31.6 Å². The Morgan fingerprint density at radius 2 is 2.42 bits per heavy atom. The molecule has 1 aliphatic rings. The van der Waals surface area contributed by atoms with Crippen molar-refractivity contribution in [3.05, 3.63) is 24.2 Å². The van der Waals surface area contributed by atoms with Crippen LogP contribution in [0.1, 0.15) is 18.7 Å². The zero-order valence-electron chi connectivity index (χ0n) is 7.12. The standard InChI is InChI=1S/C9H13NO2/c1-7(9-3-2-4-12-9)10-8-5-11-6-8/h2-4,7-8,10H,5-6H2,1H3/t7-/m0/s1. The van der Waals surface area contributed by atoms with E-state index in [0.29, 0.717) is 6.04 Å². The van der Waals surface area contributed by atoms with Crippen LogP contribution in [0.4, 0.5) is 0 Å². The summed E-state index contributed by atoms with van der Waals surface area (Å²) in [5.41, 5.74) is 0. The van der Waals surface area contributed by atoms with Crippen molar-refractivity contribution in [2.45, 2.75) is 19.0 Å². The maximum Gasteiger partial charge on any atom is 0.120 e. The number of nitrogens with one attached hydrogen (secondary N) is 1. The number of hydrogen-bond acceptors (Lipinski definition) is 3. The smallest absolute Gasteiger partial charge is 0.120 e. The van der Waals surface area contributed by atoms with Crippen molar-refractivity contribution in [1.29, 1.82) is 0 Å². The predicted molar refractivity (Wildman–Crippen MR) is 44.9 cm³/mol. The summed E-state index contributed by atoms with van der Waals surface area (Å²) in [6.45, 7) is 3.74. The highest BCUT2D eigenvalue weighted by Gasteiger charge is 2.21. The Morgan fingerprint density at radius 3 is 2.92 bits per heavy atom. The summed E-state index contributed by atoms with van der Waals surface area (Å²) < 4.78 is 10.3. The van der Waals surface area contributed by atoms with E-state index in [2.05, 4.69) is 12.2 Å². The normalized spacial score (nSPS) is 20.4. The molecule has 2 heterocycles. The van der Waals surface area contributed by atoms with Crippen LogP contribution in [0.2, 0.25) is 0 Å². The monoisotopic (exact) mass is 167 g/mol. The summed E-state index contributed by atoms with van der Waals surface area (Å²) in [5.74, 6) is 0.988. The number of hydrogen-bond donors (Lipinski definition) is 1. The van der Waals surface area contributed by atoms with E-state index in [0.717, 1.165) is 19.0 Å². The SMILES string of the molecule is C[C@H](NC1COC1)c1ccco1. The fourth-order valence-electron chi connectivity index (χ4n) is 1.31. The van der Waals surface area contributed by atoms with E-state index in [1.807, 2.05) is 12.1 Å². The van der Waals surface area contributed by atoms with Gasteiger partial charge in [0, 0.05) is 0 Å². The second-order valence-electron chi connectivity index (χ2n) is 3.14. The zero-order chi connectivity index (χ0) is 8.39. The summed E-state index contributed by atoms with van der Waals surface area (Å²) >= 11 is 0. The molecule has 2 rings (SSSR count). The highest BCUT2D eigenvalue weighted by molar-refractivity contribution is 5.03. The predicted octanol–water partition coefficient (Wildman–Crippen LogP) is 1.33. The molecule has 66 valence electrons. The Bertz CT molecular complexity index is 229. The lowest BCUT2D eigenvalue weighted by molar-refractivity contribution is -0.0102. The second-order valence-corrected chi connectivity index (χ2v) is 3.14. The van der Waals surface area contributed by atoms with Gasteiger partial charge in [-0.25, -0.2) is 0 Å². The van der Waals surface area contributed by atoms with Gasteiger partial charge < -0.3 is 14.5 Å². The first kappa shape index (κ1) is 7.83. The Balaban J connectivity index is 1.87. The largest absolute Gasteiger partial charge is 0.468 e. The van der Waals surface area contributed by atoms with Crippen LogP contribution in [0.3, 0.4) is 0 Å². The van der Waals surface area contributed by atoms with E-state index in [4.69, 9.17) is 9.15 Å². The minimum atomic E-state index is 0.286. The fourth-order valence-corrected chi connectivity index (χ4v) is 1.31. The van der Waals surface area contributed by atoms with Gasteiger partial charge in [0.15, 0.2) is 0 Å². The third kappa shape index (κ3) is 1.52. The molecule has 1 atom stereocenters. The molecule has 1 aromatic rings. The second kappa shape index (κ2) is 3.29. The van der Waals surface area contributed by atoms with Gasteiger partial charge in [-0.1, -0.05) is 0 Å². The number of ether oxygens (including phenoxy) is 1. The molecule has 0 spiro atoms.